The molecule has 0 aromatic heterocycles. The Labute approximate surface area is 87.4 Å². The van der Waals surface area contributed by atoms with Crippen LogP contribution in [0.25, 0.3) is 0 Å². The van der Waals surface area contributed by atoms with Crippen LogP contribution in [0.4, 0.5) is 0 Å². The molecule has 0 atom stereocenters. The van der Waals surface area contributed by atoms with Gasteiger partial charge in [-0.15, -0.1) is 0 Å². The highest BCUT2D eigenvalue weighted by Crippen LogP contribution is 2.34. The Hall–Kier alpha value is -0.160. The minimum Gasteiger partial charge on any atom is -0.330 e. The summed E-state index contributed by atoms with van der Waals surface area (Å²) < 4.78 is 0. The van der Waals surface area contributed by atoms with E-state index in [1.807, 2.05) is 0 Å². The molecular weight excluding hydrogens is 176 g/mol. The molecule has 0 bridgehead atoms. The fourth-order valence-electron chi connectivity index (χ4n) is 2.15. The maximum atomic E-state index is 5.63. The summed E-state index contributed by atoms with van der Waals surface area (Å²) >= 11 is 0. The molecule has 0 unspecified atom stereocenters. The van der Waals surface area contributed by atoms with E-state index in [4.69, 9.17) is 22.9 Å². The quantitative estimate of drug-likeness (QED) is 0.414. The van der Waals surface area contributed by atoms with Crippen LogP contribution in [-0.2, 0) is 0 Å². The highest BCUT2D eigenvalue weighted by molar-refractivity contribution is 4.80. The lowest BCUT2D eigenvalue weighted by molar-refractivity contribution is 0.207. The minimum absolute atomic E-state index is 0.248. The van der Waals surface area contributed by atoms with Crippen LogP contribution in [0.5, 0.6) is 0 Å². The van der Waals surface area contributed by atoms with Crippen molar-refractivity contribution in [2.45, 2.75) is 32.1 Å². The molecule has 0 rings (SSSR count). The molecule has 8 N–H and O–H groups in total. The monoisotopic (exact) mass is 202 g/mol. The summed E-state index contributed by atoms with van der Waals surface area (Å²) in [7, 11) is 0. The summed E-state index contributed by atoms with van der Waals surface area (Å²) in [6.07, 6.45) is 5.19. The van der Waals surface area contributed by atoms with Crippen LogP contribution >= 0.6 is 0 Å². The first-order valence-electron chi connectivity index (χ1n) is 5.55. The lowest BCUT2D eigenvalue weighted by Crippen LogP contribution is -2.30. The summed E-state index contributed by atoms with van der Waals surface area (Å²) in [4.78, 5) is 0. The SMILES string of the molecule is NCCCC(CCN)(CCN)CCN. The molecule has 0 saturated carbocycles. The average Bonchev–Trinajstić information content (AvgIpc) is 2.16. The van der Waals surface area contributed by atoms with Crippen LogP contribution in [0.2, 0.25) is 0 Å². The van der Waals surface area contributed by atoms with Crippen LogP contribution in [-0.4, -0.2) is 26.2 Å². The predicted molar refractivity (Wildman–Crippen MR) is 61.7 cm³/mol. The van der Waals surface area contributed by atoms with Crippen molar-refractivity contribution in [3.8, 4) is 0 Å². The Morgan fingerprint density at radius 2 is 1.00 bits per heavy atom. The Kier molecular flexibility index (Phi) is 8.08. The van der Waals surface area contributed by atoms with Crippen molar-refractivity contribution in [1.29, 1.82) is 0 Å². The van der Waals surface area contributed by atoms with Gasteiger partial charge in [0, 0.05) is 0 Å². The molecule has 14 heavy (non-hydrogen) atoms. The second-order valence-corrected chi connectivity index (χ2v) is 4.01. The van der Waals surface area contributed by atoms with Gasteiger partial charge in [-0.05, 0) is 63.7 Å². The lowest BCUT2D eigenvalue weighted by atomic mass is 9.74. The third-order valence-corrected chi connectivity index (χ3v) is 2.94. The van der Waals surface area contributed by atoms with Gasteiger partial charge in [-0.2, -0.15) is 0 Å². The molecule has 0 fully saturated rings. The first kappa shape index (κ1) is 13.8. The van der Waals surface area contributed by atoms with Crippen LogP contribution < -0.4 is 22.9 Å². The van der Waals surface area contributed by atoms with Crippen molar-refractivity contribution in [3.63, 3.8) is 0 Å². The molecule has 0 aromatic carbocycles. The second kappa shape index (κ2) is 8.17. The van der Waals surface area contributed by atoms with Crippen molar-refractivity contribution >= 4 is 0 Å². The normalized spacial score (nSPS) is 12.0. The third-order valence-electron chi connectivity index (χ3n) is 2.94. The largest absolute Gasteiger partial charge is 0.330 e. The van der Waals surface area contributed by atoms with Gasteiger partial charge in [-0.3, -0.25) is 0 Å². The molecule has 0 aliphatic carbocycles. The molecule has 0 aliphatic rings. The summed E-state index contributed by atoms with van der Waals surface area (Å²) in [5, 5.41) is 0. The molecule has 0 heterocycles. The zero-order chi connectivity index (χ0) is 10.9. The highest BCUT2D eigenvalue weighted by atomic mass is 14.6. The van der Waals surface area contributed by atoms with E-state index in [1.165, 1.54) is 0 Å². The van der Waals surface area contributed by atoms with Crippen LogP contribution in [0, 0.1) is 5.41 Å². The number of nitrogens with two attached hydrogens (primary N) is 4. The fraction of sp³-hybridized carbons (Fsp3) is 1.00. The van der Waals surface area contributed by atoms with Gasteiger partial charge in [0.25, 0.3) is 0 Å². The van der Waals surface area contributed by atoms with E-state index in [2.05, 4.69) is 0 Å². The average molecular weight is 202 g/mol. The fourth-order valence-corrected chi connectivity index (χ4v) is 2.15. The van der Waals surface area contributed by atoms with Crippen LogP contribution in [0.1, 0.15) is 32.1 Å². The molecule has 0 spiro atoms. The first-order chi connectivity index (χ1) is 6.74. The lowest BCUT2D eigenvalue weighted by Gasteiger charge is -2.33. The van der Waals surface area contributed by atoms with Gasteiger partial charge in [0.1, 0.15) is 0 Å². The number of hydrogen-bond acceptors (Lipinski definition) is 4. The molecule has 0 saturated heterocycles. The van der Waals surface area contributed by atoms with E-state index in [0.717, 1.165) is 38.6 Å². The molecule has 4 heteroatoms. The highest BCUT2D eigenvalue weighted by Gasteiger charge is 2.26. The Balaban J connectivity index is 4.21. The smallest absolute Gasteiger partial charge is 0.00720 e. The Morgan fingerprint density at radius 3 is 1.29 bits per heavy atom. The summed E-state index contributed by atoms with van der Waals surface area (Å²) in [6, 6.07) is 0. The zero-order valence-electron chi connectivity index (χ0n) is 9.17. The third kappa shape index (κ3) is 4.91. The maximum absolute atomic E-state index is 5.63. The van der Waals surface area contributed by atoms with Crippen LogP contribution in [0.15, 0.2) is 0 Å². The standard InChI is InChI=1S/C10H26N4/c11-6-1-2-10(3-7-12,4-8-13)5-9-14/h1-9,11-14H2. The molecule has 0 aliphatic heterocycles. The van der Waals surface area contributed by atoms with E-state index in [1.54, 1.807) is 0 Å². The molecule has 0 amide bonds. The number of rotatable bonds is 9. The van der Waals surface area contributed by atoms with E-state index < -0.39 is 0 Å². The summed E-state index contributed by atoms with van der Waals surface area (Å²) in [5.41, 5.74) is 22.7. The van der Waals surface area contributed by atoms with Crippen molar-refractivity contribution in [2.75, 3.05) is 26.2 Å². The van der Waals surface area contributed by atoms with Gasteiger partial charge >= 0.3 is 0 Å². The van der Waals surface area contributed by atoms with Crippen molar-refractivity contribution in [1.82, 2.24) is 0 Å². The Morgan fingerprint density at radius 1 is 0.571 bits per heavy atom. The second-order valence-electron chi connectivity index (χ2n) is 4.01. The molecule has 4 nitrogen and oxygen atoms in total. The van der Waals surface area contributed by atoms with Crippen molar-refractivity contribution in [2.24, 2.45) is 28.3 Å². The molecule has 86 valence electrons. The molecule has 0 aromatic rings. The van der Waals surface area contributed by atoms with E-state index in [-0.39, 0.29) is 5.41 Å². The van der Waals surface area contributed by atoms with Crippen molar-refractivity contribution in [3.05, 3.63) is 0 Å². The van der Waals surface area contributed by atoms with E-state index in [9.17, 15) is 0 Å². The zero-order valence-corrected chi connectivity index (χ0v) is 9.17. The van der Waals surface area contributed by atoms with E-state index in [0.29, 0.717) is 19.6 Å². The number of hydrogen-bond donors (Lipinski definition) is 4. The maximum Gasteiger partial charge on any atom is -0.00720 e. The van der Waals surface area contributed by atoms with E-state index >= 15 is 0 Å². The topological polar surface area (TPSA) is 104 Å². The summed E-state index contributed by atoms with van der Waals surface area (Å²) in [6.45, 7) is 2.88. The van der Waals surface area contributed by atoms with Gasteiger partial charge in [0.15, 0.2) is 0 Å². The van der Waals surface area contributed by atoms with Gasteiger partial charge < -0.3 is 22.9 Å². The summed E-state index contributed by atoms with van der Waals surface area (Å²) in [5.74, 6) is 0. The molecule has 0 radical (unpaired) electrons. The van der Waals surface area contributed by atoms with Crippen molar-refractivity contribution < 1.29 is 0 Å². The Bertz CT molecular complexity index is 110. The van der Waals surface area contributed by atoms with Gasteiger partial charge in [-0.1, -0.05) is 0 Å². The van der Waals surface area contributed by atoms with Crippen LogP contribution in [0.3, 0.4) is 0 Å². The predicted octanol–water partition coefficient (Wildman–Crippen LogP) is -0.242. The molecular formula is C10H26N4. The van der Waals surface area contributed by atoms with Gasteiger partial charge in [0.05, 0.1) is 0 Å². The first-order valence-corrected chi connectivity index (χ1v) is 5.55. The van der Waals surface area contributed by atoms with Gasteiger partial charge in [-0.25, -0.2) is 0 Å². The van der Waals surface area contributed by atoms with Gasteiger partial charge in [0.2, 0.25) is 0 Å². The minimum atomic E-state index is 0.248.